The Kier molecular flexibility index (Phi) is 4.30. The van der Waals surface area contributed by atoms with Gasteiger partial charge in [-0.25, -0.2) is 0 Å². The van der Waals surface area contributed by atoms with Gasteiger partial charge in [-0.2, -0.15) is 0 Å². The third kappa shape index (κ3) is 2.80. The molecule has 0 saturated carbocycles. The molecule has 1 aromatic rings. The summed E-state index contributed by atoms with van der Waals surface area (Å²) in [7, 11) is 0. The molecule has 0 aromatic heterocycles. The summed E-state index contributed by atoms with van der Waals surface area (Å²) in [5.41, 5.74) is 0.760. The van der Waals surface area contributed by atoms with E-state index in [1.807, 2.05) is 44.2 Å². The van der Waals surface area contributed by atoms with Gasteiger partial charge < -0.3 is 10.2 Å². The van der Waals surface area contributed by atoms with Gasteiger partial charge in [-0.05, 0) is 17.9 Å². The van der Waals surface area contributed by atoms with Crippen molar-refractivity contribution in [1.29, 1.82) is 0 Å². The van der Waals surface area contributed by atoms with Crippen LogP contribution in [0.2, 0.25) is 0 Å². The molecule has 1 rings (SSSR count). The molecule has 15 heavy (non-hydrogen) atoms. The first kappa shape index (κ1) is 12.2. The molecular formula is C13H20O2. The van der Waals surface area contributed by atoms with Crippen LogP contribution in [0, 0.1) is 11.3 Å². The van der Waals surface area contributed by atoms with Crippen molar-refractivity contribution >= 4 is 0 Å². The van der Waals surface area contributed by atoms with E-state index >= 15 is 0 Å². The summed E-state index contributed by atoms with van der Waals surface area (Å²) in [6.07, 6.45) is 0.721. The maximum absolute atomic E-state index is 9.45. The van der Waals surface area contributed by atoms with E-state index < -0.39 is 5.41 Å². The van der Waals surface area contributed by atoms with Crippen molar-refractivity contribution in [2.24, 2.45) is 11.3 Å². The Labute approximate surface area is 91.6 Å². The second-order valence-electron chi connectivity index (χ2n) is 4.50. The third-order valence-electron chi connectivity index (χ3n) is 3.25. The first-order chi connectivity index (χ1) is 7.14. The van der Waals surface area contributed by atoms with E-state index in [-0.39, 0.29) is 19.1 Å². The molecular weight excluding hydrogens is 188 g/mol. The van der Waals surface area contributed by atoms with Crippen molar-refractivity contribution in [3.05, 3.63) is 35.9 Å². The van der Waals surface area contributed by atoms with E-state index in [0.29, 0.717) is 0 Å². The van der Waals surface area contributed by atoms with Gasteiger partial charge in [-0.1, -0.05) is 44.2 Å². The molecule has 0 unspecified atom stereocenters. The Bertz CT molecular complexity index is 276. The zero-order chi connectivity index (χ0) is 11.3. The molecule has 0 aliphatic heterocycles. The van der Waals surface area contributed by atoms with Gasteiger partial charge in [0.25, 0.3) is 0 Å². The molecule has 2 N–H and O–H groups in total. The molecule has 84 valence electrons. The zero-order valence-electron chi connectivity index (χ0n) is 9.48. The minimum atomic E-state index is -0.401. The van der Waals surface area contributed by atoms with Gasteiger partial charge in [0, 0.05) is 5.41 Å². The quantitative estimate of drug-likeness (QED) is 0.775. The number of benzene rings is 1. The highest BCUT2D eigenvalue weighted by molar-refractivity contribution is 5.17. The number of aliphatic hydroxyl groups excluding tert-OH is 2. The molecule has 0 bridgehead atoms. The SMILES string of the molecule is CC(C)C(CO)(CO)Cc1ccccc1. The fraction of sp³-hybridized carbons (Fsp3) is 0.538. The van der Waals surface area contributed by atoms with Crippen LogP contribution in [0.5, 0.6) is 0 Å². The summed E-state index contributed by atoms with van der Waals surface area (Å²) in [6.45, 7) is 4.12. The van der Waals surface area contributed by atoms with Crippen LogP contribution in [0.25, 0.3) is 0 Å². The van der Waals surface area contributed by atoms with Gasteiger partial charge in [0.05, 0.1) is 13.2 Å². The molecule has 0 heterocycles. The monoisotopic (exact) mass is 208 g/mol. The van der Waals surface area contributed by atoms with Crippen molar-refractivity contribution in [3.8, 4) is 0 Å². The topological polar surface area (TPSA) is 40.5 Å². The smallest absolute Gasteiger partial charge is 0.0515 e. The van der Waals surface area contributed by atoms with Crippen LogP contribution in [-0.2, 0) is 6.42 Å². The van der Waals surface area contributed by atoms with Crippen molar-refractivity contribution < 1.29 is 10.2 Å². The molecule has 0 fully saturated rings. The molecule has 0 aliphatic carbocycles. The van der Waals surface area contributed by atoms with Crippen LogP contribution in [0.3, 0.4) is 0 Å². The highest BCUT2D eigenvalue weighted by atomic mass is 16.3. The summed E-state index contributed by atoms with van der Waals surface area (Å²) >= 11 is 0. The van der Waals surface area contributed by atoms with Crippen molar-refractivity contribution in [2.75, 3.05) is 13.2 Å². The van der Waals surface area contributed by atoms with E-state index in [2.05, 4.69) is 0 Å². The normalized spacial score (nSPS) is 12.1. The fourth-order valence-electron chi connectivity index (χ4n) is 1.73. The summed E-state index contributed by atoms with van der Waals surface area (Å²) in [5, 5.41) is 18.9. The fourth-order valence-corrected chi connectivity index (χ4v) is 1.73. The first-order valence-corrected chi connectivity index (χ1v) is 5.40. The lowest BCUT2D eigenvalue weighted by Gasteiger charge is -2.34. The maximum Gasteiger partial charge on any atom is 0.0515 e. The van der Waals surface area contributed by atoms with Crippen molar-refractivity contribution in [2.45, 2.75) is 20.3 Å². The average molecular weight is 208 g/mol. The standard InChI is InChI=1S/C13H20O2/c1-11(2)13(9-14,10-15)8-12-6-4-3-5-7-12/h3-7,11,14-15H,8-10H2,1-2H3. The van der Waals surface area contributed by atoms with Crippen LogP contribution in [0.1, 0.15) is 19.4 Å². The van der Waals surface area contributed by atoms with Crippen molar-refractivity contribution in [3.63, 3.8) is 0 Å². The molecule has 2 nitrogen and oxygen atoms in total. The first-order valence-electron chi connectivity index (χ1n) is 5.40. The van der Waals surface area contributed by atoms with Crippen LogP contribution >= 0.6 is 0 Å². The molecule has 0 spiro atoms. The molecule has 0 atom stereocenters. The molecule has 0 aliphatic rings. The Morgan fingerprint density at radius 2 is 1.60 bits per heavy atom. The predicted molar refractivity (Wildman–Crippen MR) is 61.6 cm³/mol. The molecule has 0 radical (unpaired) electrons. The van der Waals surface area contributed by atoms with E-state index in [4.69, 9.17) is 0 Å². The lowest BCUT2D eigenvalue weighted by Crippen LogP contribution is -2.37. The molecule has 1 aromatic carbocycles. The van der Waals surface area contributed by atoms with Gasteiger partial charge in [-0.15, -0.1) is 0 Å². The summed E-state index contributed by atoms with van der Waals surface area (Å²) < 4.78 is 0. The third-order valence-corrected chi connectivity index (χ3v) is 3.25. The minimum Gasteiger partial charge on any atom is -0.396 e. The van der Waals surface area contributed by atoms with E-state index in [0.717, 1.165) is 12.0 Å². The average Bonchev–Trinajstić information content (AvgIpc) is 2.27. The molecule has 0 saturated heterocycles. The summed E-state index contributed by atoms with van der Waals surface area (Å²) in [4.78, 5) is 0. The van der Waals surface area contributed by atoms with Gasteiger partial charge >= 0.3 is 0 Å². The Morgan fingerprint density at radius 3 is 2.00 bits per heavy atom. The summed E-state index contributed by atoms with van der Waals surface area (Å²) in [5.74, 6) is 0.257. The second-order valence-corrected chi connectivity index (χ2v) is 4.50. The van der Waals surface area contributed by atoms with Gasteiger partial charge in [-0.3, -0.25) is 0 Å². The predicted octanol–water partition coefficient (Wildman–Crippen LogP) is 1.86. The number of hydrogen-bond acceptors (Lipinski definition) is 2. The van der Waals surface area contributed by atoms with Crippen LogP contribution < -0.4 is 0 Å². The minimum absolute atomic E-state index is 0.0239. The van der Waals surface area contributed by atoms with Crippen LogP contribution in [0.15, 0.2) is 30.3 Å². The Balaban J connectivity index is 2.84. The zero-order valence-corrected chi connectivity index (χ0v) is 9.48. The lowest BCUT2D eigenvalue weighted by atomic mass is 9.74. The van der Waals surface area contributed by atoms with Gasteiger partial charge in [0.2, 0.25) is 0 Å². The van der Waals surface area contributed by atoms with Crippen LogP contribution in [-0.4, -0.2) is 23.4 Å². The summed E-state index contributed by atoms with van der Waals surface area (Å²) in [6, 6.07) is 9.99. The number of hydrogen-bond donors (Lipinski definition) is 2. The maximum atomic E-state index is 9.45. The van der Waals surface area contributed by atoms with E-state index in [1.54, 1.807) is 0 Å². The second kappa shape index (κ2) is 5.29. The Morgan fingerprint density at radius 1 is 1.07 bits per heavy atom. The van der Waals surface area contributed by atoms with E-state index in [9.17, 15) is 10.2 Å². The van der Waals surface area contributed by atoms with Crippen molar-refractivity contribution in [1.82, 2.24) is 0 Å². The molecule has 0 amide bonds. The number of aliphatic hydroxyl groups is 2. The largest absolute Gasteiger partial charge is 0.396 e. The van der Waals surface area contributed by atoms with Crippen LogP contribution in [0.4, 0.5) is 0 Å². The highest BCUT2D eigenvalue weighted by Gasteiger charge is 2.32. The molecule has 2 heteroatoms. The van der Waals surface area contributed by atoms with E-state index in [1.165, 1.54) is 0 Å². The van der Waals surface area contributed by atoms with Gasteiger partial charge in [0.15, 0.2) is 0 Å². The lowest BCUT2D eigenvalue weighted by molar-refractivity contribution is 0.0163. The Hall–Kier alpha value is -0.860. The number of rotatable bonds is 5. The highest BCUT2D eigenvalue weighted by Crippen LogP contribution is 2.30. The van der Waals surface area contributed by atoms with Gasteiger partial charge in [0.1, 0.15) is 0 Å².